The lowest BCUT2D eigenvalue weighted by atomic mass is 10.1. The molecule has 2 aliphatic rings. The van der Waals surface area contributed by atoms with Gasteiger partial charge in [-0.05, 0) is 31.9 Å². The number of rotatable bonds is 4. The second-order valence-electron chi connectivity index (χ2n) is 6.68. The van der Waals surface area contributed by atoms with Crippen LogP contribution >= 0.6 is 0 Å². The van der Waals surface area contributed by atoms with Crippen LogP contribution in [0.25, 0.3) is 11.0 Å². The average Bonchev–Trinajstić information content (AvgIpc) is 3.17. The summed E-state index contributed by atoms with van der Waals surface area (Å²) in [6.07, 6.45) is 2.93. The van der Waals surface area contributed by atoms with Gasteiger partial charge in [-0.25, -0.2) is 4.98 Å². The number of benzene rings is 1. The smallest absolute Gasteiger partial charge is 0.223 e. The van der Waals surface area contributed by atoms with Crippen molar-refractivity contribution in [2.75, 3.05) is 6.54 Å². The van der Waals surface area contributed by atoms with Crippen LogP contribution in [0.5, 0.6) is 0 Å². The standard InChI is InChI=1S/C18H21N3O/c1-12(2)10-21-16-6-4-3-5-15(16)19-18(21)13-9-17(22)20(11-13)14-7-8-14/h3-6,13-14H,1,7-11H2,2H3. The molecule has 1 amide bonds. The summed E-state index contributed by atoms with van der Waals surface area (Å²) < 4.78 is 2.24. The van der Waals surface area contributed by atoms with E-state index in [0.29, 0.717) is 18.4 Å². The lowest BCUT2D eigenvalue weighted by molar-refractivity contribution is -0.128. The maximum absolute atomic E-state index is 12.3. The van der Waals surface area contributed by atoms with Crippen molar-refractivity contribution in [1.29, 1.82) is 0 Å². The summed E-state index contributed by atoms with van der Waals surface area (Å²) in [5.74, 6) is 1.54. The number of amides is 1. The Morgan fingerprint density at radius 1 is 1.36 bits per heavy atom. The van der Waals surface area contributed by atoms with Gasteiger partial charge < -0.3 is 9.47 Å². The molecule has 1 aromatic carbocycles. The summed E-state index contributed by atoms with van der Waals surface area (Å²) >= 11 is 0. The molecule has 0 bridgehead atoms. The van der Waals surface area contributed by atoms with E-state index in [0.717, 1.165) is 35.5 Å². The van der Waals surface area contributed by atoms with Crippen LogP contribution in [0.1, 0.15) is 37.9 Å². The first-order chi connectivity index (χ1) is 10.6. The average molecular weight is 295 g/mol. The third-order valence-corrected chi connectivity index (χ3v) is 4.62. The first-order valence-corrected chi connectivity index (χ1v) is 8.02. The first kappa shape index (κ1) is 13.6. The molecule has 114 valence electrons. The third-order valence-electron chi connectivity index (χ3n) is 4.62. The van der Waals surface area contributed by atoms with Gasteiger partial charge in [0.05, 0.1) is 11.0 Å². The fourth-order valence-corrected chi connectivity index (χ4v) is 3.49. The molecule has 1 unspecified atom stereocenters. The highest BCUT2D eigenvalue weighted by Crippen LogP contribution is 2.37. The maximum Gasteiger partial charge on any atom is 0.223 e. The van der Waals surface area contributed by atoms with Gasteiger partial charge in [0, 0.05) is 31.5 Å². The highest BCUT2D eigenvalue weighted by atomic mass is 16.2. The SMILES string of the molecule is C=C(C)Cn1c(C2CC(=O)N(C3CC3)C2)nc2ccccc21. The van der Waals surface area contributed by atoms with Crippen LogP contribution in [0.2, 0.25) is 0 Å². The largest absolute Gasteiger partial charge is 0.339 e. The highest BCUT2D eigenvalue weighted by molar-refractivity contribution is 5.81. The van der Waals surface area contributed by atoms with Gasteiger partial charge >= 0.3 is 0 Å². The predicted octanol–water partition coefficient (Wildman–Crippen LogP) is 3.09. The van der Waals surface area contributed by atoms with E-state index in [-0.39, 0.29) is 5.92 Å². The number of para-hydroxylation sites is 2. The Hall–Kier alpha value is -2.10. The van der Waals surface area contributed by atoms with Crippen LogP contribution in [-0.4, -0.2) is 32.9 Å². The van der Waals surface area contributed by atoms with E-state index in [1.165, 1.54) is 12.8 Å². The van der Waals surface area contributed by atoms with Gasteiger partial charge in [0.15, 0.2) is 0 Å². The second kappa shape index (κ2) is 4.97. The molecule has 4 rings (SSSR count). The molecular weight excluding hydrogens is 274 g/mol. The van der Waals surface area contributed by atoms with Crippen LogP contribution in [0.15, 0.2) is 36.4 Å². The molecule has 1 saturated carbocycles. The van der Waals surface area contributed by atoms with Crippen molar-refractivity contribution in [3.05, 3.63) is 42.2 Å². The Morgan fingerprint density at radius 2 is 2.14 bits per heavy atom. The molecule has 2 heterocycles. The van der Waals surface area contributed by atoms with Crippen molar-refractivity contribution in [3.63, 3.8) is 0 Å². The van der Waals surface area contributed by atoms with Gasteiger partial charge in [-0.3, -0.25) is 4.79 Å². The van der Waals surface area contributed by atoms with E-state index in [1.807, 2.05) is 25.1 Å². The molecule has 2 fully saturated rings. The molecule has 1 aromatic heterocycles. The lowest BCUT2D eigenvalue weighted by Gasteiger charge is -2.16. The summed E-state index contributed by atoms with van der Waals surface area (Å²) in [4.78, 5) is 19.2. The summed E-state index contributed by atoms with van der Waals surface area (Å²) in [6.45, 7) is 7.67. The number of aromatic nitrogens is 2. The number of hydrogen-bond acceptors (Lipinski definition) is 2. The monoisotopic (exact) mass is 295 g/mol. The van der Waals surface area contributed by atoms with E-state index in [2.05, 4.69) is 22.1 Å². The number of allylic oxidation sites excluding steroid dienone is 1. The molecule has 2 aromatic rings. The Kier molecular flexibility index (Phi) is 3.06. The Labute approximate surface area is 130 Å². The third kappa shape index (κ3) is 2.23. The predicted molar refractivity (Wildman–Crippen MR) is 86.6 cm³/mol. The number of carbonyl (C=O) groups excluding carboxylic acids is 1. The van der Waals surface area contributed by atoms with Crippen LogP contribution in [0.4, 0.5) is 0 Å². The topological polar surface area (TPSA) is 38.1 Å². The zero-order valence-electron chi connectivity index (χ0n) is 13.0. The molecule has 1 aliphatic heterocycles. The Balaban J connectivity index is 1.74. The van der Waals surface area contributed by atoms with Crippen LogP contribution < -0.4 is 0 Å². The van der Waals surface area contributed by atoms with Gasteiger partial charge in [0.25, 0.3) is 0 Å². The van der Waals surface area contributed by atoms with Crippen molar-refractivity contribution >= 4 is 16.9 Å². The minimum atomic E-state index is 0.208. The number of carbonyl (C=O) groups is 1. The van der Waals surface area contributed by atoms with E-state index in [4.69, 9.17) is 4.98 Å². The molecule has 1 saturated heterocycles. The molecule has 4 heteroatoms. The minimum absolute atomic E-state index is 0.208. The summed E-state index contributed by atoms with van der Waals surface area (Å²) in [5, 5.41) is 0. The zero-order chi connectivity index (χ0) is 15.3. The van der Waals surface area contributed by atoms with E-state index in [1.54, 1.807) is 0 Å². The Morgan fingerprint density at radius 3 is 2.86 bits per heavy atom. The number of likely N-dealkylation sites (tertiary alicyclic amines) is 1. The summed E-state index contributed by atoms with van der Waals surface area (Å²) in [6, 6.07) is 8.70. The molecule has 1 aliphatic carbocycles. The van der Waals surface area contributed by atoms with Gasteiger partial charge in [-0.2, -0.15) is 0 Å². The fraction of sp³-hybridized carbons (Fsp3) is 0.444. The molecule has 0 spiro atoms. The summed E-state index contributed by atoms with van der Waals surface area (Å²) in [7, 11) is 0. The fourth-order valence-electron chi connectivity index (χ4n) is 3.49. The molecule has 22 heavy (non-hydrogen) atoms. The van der Waals surface area contributed by atoms with Crippen LogP contribution in [-0.2, 0) is 11.3 Å². The van der Waals surface area contributed by atoms with Crippen molar-refractivity contribution in [1.82, 2.24) is 14.5 Å². The molecular formula is C18H21N3O. The number of nitrogens with zero attached hydrogens (tertiary/aromatic N) is 3. The summed E-state index contributed by atoms with van der Waals surface area (Å²) in [5.41, 5.74) is 3.25. The Bertz CT molecular complexity index is 757. The van der Waals surface area contributed by atoms with Crippen molar-refractivity contribution in [2.45, 2.75) is 44.7 Å². The van der Waals surface area contributed by atoms with Crippen molar-refractivity contribution in [3.8, 4) is 0 Å². The molecule has 4 nitrogen and oxygen atoms in total. The molecule has 1 atom stereocenters. The van der Waals surface area contributed by atoms with E-state index >= 15 is 0 Å². The minimum Gasteiger partial charge on any atom is -0.339 e. The van der Waals surface area contributed by atoms with E-state index in [9.17, 15) is 4.79 Å². The molecule has 0 radical (unpaired) electrons. The normalized spacial score (nSPS) is 21.8. The number of imidazole rings is 1. The maximum atomic E-state index is 12.3. The van der Waals surface area contributed by atoms with Gasteiger partial charge in [-0.15, -0.1) is 0 Å². The van der Waals surface area contributed by atoms with Crippen molar-refractivity contribution in [2.24, 2.45) is 0 Å². The highest BCUT2D eigenvalue weighted by Gasteiger charge is 2.41. The van der Waals surface area contributed by atoms with Crippen molar-refractivity contribution < 1.29 is 4.79 Å². The zero-order valence-corrected chi connectivity index (χ0v) is 13.0. The lowest BCUT2D eigenvalue weighted by Crippen LogP contribution is -2.27. The second-order valence-corrected chi connectivity index (χ2v) is 6.68. The van der Waals surface area contributed by atoms with Gasteiger partial charge in [-0.1, -0.05) is 24.3 Å². The first-order valence-electron chi connectivity index (χ1n) is 8.02. The van der Waals surface area contributed by atoms with Gasteiger partial charge in [0.2, 0.25) is 5.91 Å². The van der Waals surface area contributed by atoms with Crippen LogP contribution in [0, 0.1) is 0 Å². The van der Waals surface area contributed by atoms with Gasteiger partial charge in [0.1, 0.15) is 5.82 Å². The number of hydrogen-bond donors (Lipinski definition) is 0. The quantitative estimate of drug-likeness (QED) is 0.813. The number of fused-ring (bicyclic) bond motifs is 1. The molecule has 0 N–H and O–H groups in total. The van der Waals surface area contributed by atoms with Crippen LogP contribution in [0.3, 0.4) is 0 Å². The van der Waals surface area contributed by atoms with E-state index < -0.39 is 0 Å².